The summed E-state index contributed by atoms with van der Waals surface area (Å²) in [7, 11) is 5.39. The number of ether oxygens (including phenoxy) is 2. The van der Waals surface area contributed by atoms with Gasteiger partial charge in [-0.2, -0.15) is 0 Å². The molecule has 0 fully saturated rings. The molecule has 0 aliphatic heterocycles. The van der Waals surface area contributed by atoms with Gasteiger partial charge in [0.15, 0.2) is 17.1 Å². The van der Waals surface area contributed by atoms with Gasteiger partial charge in [0.05, 0.1) is 19.9 Å². The minimum Gasteiger partial charge on any atom is -0.493 e. The van der Waals surface area contributed by atoms with Gasteiger partial charge in [-0.25, -0.2) is 0 Å². The number of rotatable bonds is 8. The molecule has 5 nitrogen and oxygen atoms in total. The van der Waals surface area contributed by atoms with Crippen LogP contribution in [0.4, 0.5) is 0 Å². The van der Waals surface area contributed by atoms with Crippen LogP contribution in [0.25, 0.3) is 11.0 Å². The van der Waals surface area contributed by atoms with Crippen molar-refractivity contribution in [2.45, 2.75) is 19.4 Å². The molecule has 3 aromatic rings. The third-order valence-electron chi connectivity index (χ3n) is 4.30. The van der Waals surface area contributed by atoms with Gasteiger partial charge in [0.1, 0.15) is 0 Å². The van der Waals surface area contributed by atoms with Crippen molar-refractivity contribution >= 4 is 11.0 Å². The lowest BCUT2D eigenvalue weighted by atomic mass is 10.1. The van der Waals surface area contributed by atoms with Gasteiger partial charge in [-0.1, -0.05) is 35.5 Å². The van der Waals surface area contributed by atoms with E-state index in [-0.39, 0.29) is 0 Å². The molecule has 1 heterocycles. The lowest BCUT2D eigenvalue weighted by Gasteiger charge is -2.16. The summed E-state index contributed by atoms with van der Waals surface area (Å²) in [6.07, 6.45) is 1.88. The summed E-state index contributed by atoms with van der Waals surface area (Å²) < 4.78 is 16.1. The molecule has 0 aliphatic rings. The molecular formula is C20H24N2O3. The summed E-state index contributed by atoms with van der Waals surface area (Å²) in [5.74, 6) is 1.35. The van der Waals surface area contributed by atoms with Gasteiger partial charge in [0, 0.05) is 18.0 Å². The van der Waals surface area contributed by atoms with Crippen molar-refractivity contribution in [3.63, 3.8) is 0 Å². The summed E-state index contributed by atoms with van der Waals surface area (Å²) >= 11 is 0. The van der Waals surface area contributed by atoms with Crippen LogP contribution < -0.4 is 9.47 Å². The fourth-order valence-electron chi connectivity index (χ4n) is 2.99. The highest BCUT2D eigenvalue weighted by molar-refractivity contribution is 5.83. The van der Waals surface area contributed by atoms with Crippen molar-refractivity contribution in [1.82, 2.24) is 10.1 Å². The van der Waals surface area contributed by atoms with Gasteiger partial charge < -0.3 is 18.9 Å². The van der Waals surface area contributed by atoms with Crippen molar-refractivity contribution in [2.75, 3.05) is 27.8 Å². The van der Waals surface area contributed by atoms with E-state index in [1.54, 1.807) is 14.2 Å². The van der Waals surface area contributed by atoms with Gasteiger partial charge in [0.2, 0.25) is 0 Å². The molecule has 2 aromatic carbocycles. The van der Waals surface area contributed by atoms with Crippen molar-refractivity contribution in [2.24, 2.45) is 0 Å². The number of methoxy groups -OCH3 is 2. The second-order valence-electron chi connectivity index (χ2n) is 6.16. The van der Waals surface area contributed by atoms with Crippen LogP contribution in [0.5, 0.6) is 11.5 Å². The first kappa shape index (κ1) is 17.3. The molecular weight excluding hydrogens is 316 g/mol. The number of aryl methyl sites for hydroxylation is 1. The molecule has 0 spiro atoms. The zero-order valence-corrected chi connectivity index (χ0v) is 15.0. The molecule has 0 unspecified atom stereocenters. The third-order valence-corrected chi connectivity index (χ3v) is 4.30. The molecule has 0 radical (unpaired) electrons. The standard InChI is InChI=1S/C20H24N2O3/c1-22(14-15-8-5-4-6-9-15)11-7-10-17-16-12-19(23-2)20(24-3)13-18(16)25-21-17/h4-6,8-9,12-13H,7,10-11,14H2,1-3H3. The molecule has 0 amide bonds. The normalized spacial score (nSPS) is 11.2. The van der Waals surface area contributed by atoms with E-state index in [1.807, 2.05) is 18.2 Å². The SMILES string of the molecule is COc1cc2onc(CCCN(C)Cc3ccccc3)c2cc1OC. The van der Waals surface area contributed by atoms with Crippen molar-refractivity contribution in [1.29, 1.82) is 0 Å². The molecule has 132 valence electrons. The van der Waals surface area contributed by atoms with Crippen molar-refractivity contribution < 1.29 is 14.0 Å². The van der Waals surface area contributed by atoms with Gasteiger partial charge in [-0.15, -0.1) is 0 Å². The minimum atomic E-state index is 0.653. The van der Waals surface area contributed by atoms with Crippen LogP contribution in [-0.2, 0) is 13.0 Å². The molecule has 0 bridgehead atoms. The zero-order valence-electron chi connectivity index (χ0n) is 15.0. The number of fused-ring (bicyclic) bond motifs is 1. The lowest BCUT2D eigenvalue weighted by molar-refractivity contribution is 0.320. The maximum atomic E-state index is 5.45. The van der Waals surface area contributed by atoms with Crippen LogP contribution in [0.2, 0.25) is 0 Å². The fourth-order valence-corrected chi connectivity index (χ4v) is 2.99. The number of benzene rings is 2. The van der Waals surface area contributed by atoms with Crippen LogP contribution in [0.3, 0.4) is 0 Å². The average molecular weight is 340 g/mol. The maximum absolute atomic E-state index is 5.45. The van der Waals surface area contributed by atoms with E-state index in [9.17, 15) is 0 Å². The molecule has 5 heteroatoms. The Labute approximate surface area is 148 Å². The molecule has 1 aromatic heterocycles. The van der Waals surface area contributed by atoms with Crippen LogP contribution in [0.15, 0.2) is 47.0 Å². The smallest absolute Gasteiger partial charge is 0.171 e. The summed E-state index contributed by atoms with van der Waals surface area (Å²) in [5, 5.41) is 5.21. The maximum Gasteiger partial charge on any atom is 0.171 e. The van der Waals surface area contributed by atoms with Crippen LogP contribution in [0.1, 0.15) is 17.7 Å². The highest BCUT2D eigenvalue weighted by Gasteiger charge is 2.14. The Morgan fingerprint density at radius 1 is 1.04 bits per heavy atom. The van der Waals surface area contributed by atoms with E-state index in [2.05, 4.69) is 41.4 Å². The number of hydrogen-bond acceptors (Lipinski definition) is 5. The quantitative estimate of drug-likeness (QED) is 0.622. The fraction of sp³-hybridized carbons (Fsp3) is 0.350. The lowest BCUT2D eigenvalue weighted by Crippen LogP contribution is -2.19. The Bertz CT molecular complexity index is 814. The first-order chi connectivity index (χ1) is 12.2. The van der Waals surface area contributed by atoms with Crippen LogP contribution in [-0.4, -0.2) is 37.9 Å². The summed E-state index contributed by atoms with van der Waals surface area (Å²) in [5.41, 5.74) is 3.02. The Kier molecular flexibility index (Phi) is 5.56. The molecule has 0 aliphatic carbocycles. The predicted molar refractivity (Wildman–Crippen MR) is 98.2 cm³/mol. The third kappa shape index (κ3) is 4.12. The molecule has 0 saturated carbocycles. The predicted octanol–water partition coefficient (Wildman–Crippen LogP) is 3.91. The largest absolute Gasteiger partial charge is 0.493 e. The second kappa shape index (κ2) is 8.03. The van der Waals surface area contributed by atoms with Gasteiger partial charge in [0.25, 0.3) is 0 Å². The first-order valence-corrected chi connectivity index (χ1v) is 8.44. The van der Waals surface area contributed by atoms with Crippen molar-refractivity contribution in [3.05, 3.63) is 53.7 Å². The topological polar surface area (TPSA) is 47.7 Å². The highest BCUT2D eigenvalue weighted by Crippen LogP contribution is 2.33. The van der Waals surface area contributed by atoms with Gasteiger partial charge >= 0.3 is 0 Å². The van der Waals surface area contributed by atoms with Crippen LogP contribution >= 0.6 is 0 Å². The minimum absolute atomic E-state index is 0.653. The number of nitrogens with zero attached hydrogens (tertiary/aromatic N) is 2. The van der Waals surface area contributed by atoms with E-state index < -0.39 is 0 Å². The number of aromatic nitrogens is 1. The van der Waals surface area contributed by atoms with Crippen molar-refractivity contribution in [3.8, 4) is 11.5 Å². The van der Waals surface area contributed by atoms with E-state index in [1.165, 1.54) is 5.56 Å². The van der Waals surface area contributed by atoms with E-state index in [4.69, 9.17) is 14.0 Å². The Morgan fingerprint density at radius 3 is 2.48 bits per heavy atom. The average Bonchev–Trinajstić information content (AvgIpc) is 3.03. The van der Waals surface area contributed by atoms with Gasteiger partial charge in [-0.3, -0.25) is 0 Å². The molecule has 25 heavy (non-hydrogen) atoms. The summed E-state index contributed by atoms with van der Waals surface area (Å²) in [6, 6.07) is 14.3. The number of hydrogen-bond donors (Lipinski definition) is 0. The zero-order chi connectivity index (χ0) is 17.6. The molecule has 0 N–H and O–H groups in total. The van der Waals surface area contributed by atoms with E-state index >= 15 is 0 Å². The second-order valence-corrected chi connectivity index (χ2v) is 6.16. The molecule has 3 rings (SSSR count). The highest BCUT2D eigenvalue weighted by atomic mass is 16.5. The monoisotopic (exact) mass is 340 g/mol. The Hall–Kier alpha value is -2.53. The van der Waals surface area contributed by atoms with Crippen LogP contribution in [0, 0.1) is 0 Å². The van der Waals surface area contributed by atoms with Gasteiger partial charge in [-0.05, 0) is 38.1 Å². The van der Waals surface area contributed by atoms with E-state index in [0.717, 1.165) is 42.6 Å². The summed E-state index contributed by atoms with van der Waals surface area (Å²) in [6.45, 7) is 1.95. The molecule has 0 saturated heterocycles. The first-order valence-electron chi connectivity index (χ1n) is 8.44. The Morgan fingerprint density at radius 2 is 1.76 bits per heavy atom. The molecule has 0 atom stereocenters. The Balaban J connectivity index is 1.61. The summed E-state index contributed by atoms with van der Waals surface area (Å²) in [4.78, 5) is 2.32. The van der Waals surface area contributed by atoms with E-state index in [0.29, 0.717) is 11.5 Å².